The van der Waals surface area contributed by atoms with Gasteiger partial charge in [0.2, 0.25) is 0 Å². The normalized spacial score (nSPS) is 11.8. The number of aliphatic carboxylic acids is 1. The van der Waals surface area contributed by atoms with Crippen LogP contribution in [0.15, 0.2) is 127 Å². The number of phenols is 1. The van der Waals surface area contributed by atoms with Crippen LogP contribution in [0.5, 0.6) is 5.75 Å². The van der Waals surface area contributed by atoms with E-state index in [0.717, 1.165) is 72.9 Å². The van der Waals surface area contributed by atoms with Gasteiger partial charge in [-0.3, -0.25) is 4.79 Å². The molecule has 54 heavy (non-hydrogen) atoms. The highest BCUT2D eigenvalue weighted by Crippen LogP contribution is 2.39. The van der Waals surface area contributed by atoms with Gasteiger partial charge in [-0.05, 0) is 59.4 Å². The molecule has 0 aliphatic rings. The summed E-state index contributed by atoms with van der Waals surface area (Å²) in [7, 11) is 0. The standard InChI is InChI=1S/C25H34Cl2O5.C20H16O2/c26-22-8-7-9-23(27)21(22)18-32-15-14-31-13-6-4-2-1-3-5-10-24(29)19-11-12-25(30)20(16-19)17-28;21-19(22)20(16-10-4-1-5-11-16,17-12-6-2-7-13-17)18-14-8-3-9-15-18/h7-9,11-12,16,24,28-30H,1-6,10,13-15,17-18H2;1-15H,(H,21,22)/t24-;/m0./s1. The maximum Gasteiger partial charge on any atom is 0.323 e. The zero-order chi connectivity index (χ0) is 38.6. The molecule has 0 aliphatic heterocycles. The summed E-state index contributed by atoms with van der Waals surface area (Å²) in [5.41, 5.74) is 3.04. The Hall–Kier alpha value is -4.21. The Balaban J connectivity index is 0.000000256. The average Bonchev–Trinajstić information content (AvgIpc) is 3.19. The van der Waals surface area contributed by atoms with Crippen molar-refractivity contribution in [3.8, 4) is 5.75 Å². The molecule has 5 aromatic carbocycles. The number of carboxylic acids is 1. The number of aromatic hydroxyl groups is 1. The lowest BCUT2D eigenvalue weighted by Gasteiger charge is -2.31. The van der Waals surface area contributed by atoms with E-state index in [4.69, 9.17) is 32.7 Å². The predicted molar refractivity (Wildman–Crippen MR) is 215 cm³/mol. The molecule has 0 fully saturated rings. The first-order chi connectivity index (χ1) is 26.3. The maximum absolute atomic E-state index is 12.4. The van der Waals surface area contributed by atoms with Gasteiger partial charge in [0.25, 0.3) is 0 Å². The molecule has 4 N–H and O–H groups in total. The zero-order valence-corrected chi connectivity index (χ0v) is 32.0. The van der Waals surface area contributed by atoms with Gasteiger partial charge in [-0.25, -0.2) is 0 Å². The summed E-state index contributed by atoms with van der Waals surface area (Å²) in [5.74, 6) is -0.821. The van der Waals surface area contributed by atoms with Crippen molar-refractivity contribution in [3.05, 3.63) is 171 Å². The number of benzene rings is 5. The number of ether oxygens (including phenoxy) is 2. The molecule has 0 bridgehead atoms. The molecule has 0 aliphatic carbocycles. The van der Waals surface area contributed by atoms with Gasteiger partial charge >= 0.3 is 5.97 Å². The number of aliphatic hydroxyl groups excluding tert-OH is 2. The molecule has 7 nitrogen and oxygen atoms in total. The summed E-state index contributed by atoms with van der Waals surface area (Å²) in [4.78, 5) is 12.4. The number of halogens is 2. The first kappa shape index (κ1) is 42.5. The van der Waals surface area contributed by atoms with E-state index in [1.54, 1.807) is 24.3 Å². The lowest BCUT2D eigenvalue weighted by molar-refractivity contribution is -0.140. The van der Waals surface area contributed by atoms with E-state index < -0.39 is 17.5 Å². The monoisotopic (exact) mass is 772 g/mol. The van der Waals surface area contributed by atoms with Crippen LogP contribution in [-0.2, 0) is 32.9 Å². The summed E-state index contributed by atoms with van der Waals surface area (Å²) in [6, 6.07) is 38.4. The van der Waals surface area contributed by atoms with Crippen molar-refractivity contribution >= 4 is 29.2 Å². The van der Waals surface area contributed by atoms with Crippen molar-refractivity contribution in [2.75, 3.05) is 19.8 Å². The second-order valence-corrected chi connectivity index (χ2v) is 13.8. The molecule has 0 amide bonds. The summed E-state index contributed by atoms with van der Waals surface area (Å²) in [6.45, 7) is 1.93. The van der Waals surface area contributed by atoms with E-state index in [-0.39, 0.29) is 12.4 Å². The van der Waals surface area contributed by atoms with Crippen LogP contribution < -0.4 is 0 Å². The number of unbranched alkanes of at least 4 members (excludes halogenated alkanes) is 5. The van der Waals surface area contributed by atoms with Crippen LogP contribution in [0.4, 0.5) is 0 Å². The molecule has 0 unspecified atom stereocenters. The second-order valence-electron chi connectivity index (χ2n) is 13.0. The highest BCUT2D eigenvalue weighted by molar-refractivity contribution is 6.35. The van der Waals surface area contributed by atoms with Gasteiger partial charge in [0.05, 0.1) is 32.5 Å². The fourth-order valence-electron chi connectivity index (χ4n) is 6.35. The highest BCUT2D eigenvalue weighted by atomic mass is 35.5. The average molecular weight is 774 g/mol. The Morgan fingerprint density at radius 3 is 1.65 bits per heavy atom. The molecule has 0 aromatic heterocycles. The van der Waals surface area contributed by atoms with Gasteiger partial charge in [0.1, 0.15) is 11.2 Å². The van der Waals surface area contributed by atoms with Gasteiger partial charge < -0.3 is 29.9 Å². The zero-order valence-electron chi connectivity index (χ0n) is 30.5. The summed E-state index contributed by atoms with van der Waals surface area (Å²) >= 11 is 12.2. The van der Waals surface area contributed by atoms with Crippen LogP contribution in [0.1, 0.15) is 84.4 Å². The van der Waals surface area contributed by atoms with E-state index in [9.17, 15) is 25.2 Å². The Morgan fingerprint density at radius 1 is 0.630 bits per heavy atom. The molecule has 0 heterocycles. The van der Waals surface area contributed by atoms with E-state index in [0.29, 0.717) is 41.9 Å². The van der Waals surface area contributed by atoms with Crippen molar-refractivity contribution in [3.63, 3.8) is 0 Å². The highest BCUT2D eigenvalue weighted by Gasteiger charge is 2.43. The molecular formula is C45H50Cl2O7. The van der Waals surface area contributed by atoms with E-state index in [1.165, 1.54) is 6.07 Å². The van der Waals surface area contributed by atoms with Gasteiger partial charge in [-0.15, -0.1) is 0 Å². The molecule has 0 radical (unpaired) electrons. The molecule has 5 rings (SSSR count). The van der Waals surface area contributed by atoms with E-state index in [1.807, 2.05) is 97.1 Å². The van der Waals surface area contributed by atoms with Gasteiger partial charge in [-0.2, -0.15) is 0 Å². The summed E-state index contributed by atoms with van der Waals surface area (Å²) in [5, 5.41) is 40.5. The van der Waals surface area contributed by atoms with Crippen LogP contribution in [-0.4, -0.2) is 46.2 Å². The van der Waals surface area contributed by atoms with Gasteiger partial charge in [0, 0.05) is 27.8 Å². The smallest absolute Gasteiger partial charge is 0.323 e. The Bertz CT molecular complexity index is 1700. The molecule has 0 saturated heterocycles. The van der Waals surface area contributed by atoms with Crippen LogP contribution >= 0.6 is 23.2 Å². The fraction of sp³-hybridized carbons (Fsp3) is 0.311. The van der Waals surface area contributed by atoms with Crippen molar-refractivity contribution in [2.45, 2.75) is 69.7 Å². The SMILES string of the molecule is O=C(O)C(c1ccccc1)(c1ccccc1)c1ccccc1.OCc1cc([C@@H](O)CCCCCCCCOCCOCc2c(Cl)cccc2Cl)ccc1O. The lowest BCUT2D eigenvalue weighted by atomic mass is 9.69. The van der Waals surface area contributed by atoms with Crippen LogP contribution in [0.2, 0.25) is 10.0 Å². The number of rotatable bonds is 20. The maximum atomic E-state index is 12.4. The fourth-order valence-corrected chi connectivity index (χ4v) is 6.86. The first-order valence-corrected chi connectivity index (χ1v) is 19.1. The van der Waals surface area contributed by atoms with Crippen molar-refractivity contribution in [1.82, 2.24) is 0 Å². The molecule has 0 saturated carbocycles. The first-order valence-electron chi connectivity index (χ1n) is 18.4. The minimum atomic E-state index is -1.20. The lowest BCUT2D eigenvalue weighted by Crippen LogP contribution is -2.38. The van der Waals surface area contributed by atoms with Crippen molar-refractivity contribution in [1.29, 1.82) is 0 Å². The third-order valence-corrected chi connectivity index (χ3v) is 10.0. The molecule has 5 aromatic rings. The van der Waals surface area contributed by atoms with Gasteiger partial charge in [0.15, 0.2) is 0 Å². The van der Waals surface area contributed by atoms with Gasteiger partial charge in [-0.1, -0.05) is 158 Å². The third-order valence-electron chi connectivity index (χ3n) is 9.30. The van der Waals surface area contributed by atoms with E-state index in [2.05, 4.69) is 0 Å². The molecule has 286 valence electrons. The predicted octanol–water partition coefficient (Wildman–Crippen LogP) is 10.3. The molecule has 9 heteroatoms. The van der Waals surface area contributed by atoms with Crippen LogP contribution in [0.25, 0.3) is 0 Å². The summed E-state index contributed by atoms with van der Waals surface area (Å²) in [6.07, 6.45) is 6.55. The largest absolute Gasteiger partial charge is 0.508 e. The van der Waals surface area contributed by atoms with E-state index >= 15 is 0 Å². The number of carboxylic acid groups (broad SMARTS) is 1. The molecule has 0 spiro atoms. The summed E-state index contributed by atoms with van der Waals surface area (Å²) < 4.78 is 11.2. The third kappa shape index (κ3) is 12.2. The van der Waals surface area contributed by atoms with Crippen LogP contribution in [0.3, 0.4) is 0 Å². The topological polar surface area (TPSA) is 116 Å². The number of aliphatic hydroxyl groups is 2. The minimum absolute atomic E-state index is 0.0574. The van der Waals surface area contributed by atoms with Crippen molar-refractivity contribution in [2.24, 2.45) is 0 Å². The number of carbonyl (C=O) groups is 1. The van der Waals surface area contributed by atoms with Crippen molar-refractivity contribution < 1.29 is 34.7 Å². The molecular weight excluding hydrogens is 723 g/mol. The number of hydrogen-bond acceptors (Lipinski definition) is 6. The Labute approximate surface area is 328 Å². The Morgan fingerprint density at radius 2 is 1.13 bits per heavy atom. The molecule has 1 atom stereocenters. The second kappa shape index (κ2) is 22.9. The quantitative estimate of drug-likeness (QED) is 0.0460. The Kier molecular flexibility index (Phi) is 18.0. The van der Waals surface area contributed by atoms with Crippen LogP contribution in [0, 0.1) is 0 Å². The number of hydrogen-bond donors (Lipinski definition) is 4. The minimum Gasteiger partial charge on any atom is -0.508 e.